The van der Waals surface area contributed by atoms with Crippen LogP contribution in [0.15, 0.2) is 35.9 Å². The summed E-state index contributed by atoms with van der Waals surface area (Å²) in [4.78, 5) is 10.5. The molecule has 0 heterocycles. The summed E-state index contributed by atoms with van der Waals surface area (Å²) in [5.41, 5.74) is 0.974. The minimum atomic E-state index is -0.916. The highest BCUT2D eigenvalue weighted by Gasteiger charge is 2.00. The molecule has 0 unspecified atom stereocenters. The molecule has 0 aliphatic heterocycles. The first kappa shape index (κ1) is 13.4. The Balaban J connectivity index is 2.28. The molecular weight excluding hydrogens is 221 g/mol. The quantitative estimate of drug-likeness (QED) is 0.587. The minimum Gasteiger partial charge on any atom is -0.478 e. The van der Waals surface area contributed by atoms with Crippen LogP contribution in [0.3, 0.4) is 0 Å². The molecule has 0 spiro atoms. The van der Waals surface area contributed by atoms with Crippen LogP contribution in [0.4, 0.5) is 4.39 Å². The molecule has 0 amide bonds. The van der Waals surface area contributed by atoms with Gasteiger partial charge >= 0.3 is 5.97 Å². The lowest BCUT2D eigenvalue weighted by molar-refractivity contribution is -0.132. The van der Waals surface area contributed by atoms with E-state index in [0.29, 0.717) is 30.6 Å². The second-order valence-electron chi connectivity index (χ2n) is 3.74. The Hall–Kier alpha value is -1.68. The highest BCUT2D eigenvalue weighted by atomic mass is 19.1. The van der Waals surface area contributed by atoms with Crippen LogP contribution in [0.5, 0.6) is 0 Å². The van der Waals surface area contributed by atoms with Crippen LogP contribution in [0.25, 0.3) is 0 Å². The van der Waals surface area contributed by atoms with Crippen LogP contribution in [-0.2, 0) is 11.2 Å². The SMILES string of the molecule is C/C(=C/CNCCc1ccccc1F)C(=O)O. The van der Waals surface area contributed by atoms with Crippen molar-refractivity contribution in [2.24, 2.45) is 0 Å². The average Bonchev–Trinajstić information content (AvgIpc) is 2.30. The summed E-state index contributed by atoms with van der Waals surface area (Å²) in [7, 11) is 0. The zero-order valence-electron chi connectivity index (χ0n) is 9.74. The van der Waals surface area contributed by atoms with Crippen molar-refractivity contribution in [3.63, 3.8) is 0 Å². The van der Waals surface area contributed by atoms with Gasteiger partial charge in [0.15, 0.2) is 0 Å². The van der Waals surface area contributed by atoms with Crippen LogP contribution in [0.2, 0.25) is 0 Å². The van der Waals surface area contributed by atoms with Gasteiger partial charge in [0.1, 0.15) is 5.82 Å². The number of carboxylic acids is 1. The predicted molar refractivity (Wildman–Crippen MR) is 64.4 cm³/mol. The molecule has 0 bridgehead atoms. The first-order chi connectivity index (χ1) is 8.11. The molecule has 92 valence electrons. The summed E-state index contributed by atoms with van der Waals surface area (Å²) in [6, 6.07) is 6.64. The molecular formula is C13H16FNO2. The molecule has 0 saturated carbocycles. The van der Waals surface area contributed by atoms with Crippen LogP contribution >= 0.6 is 0 Å². The fraction of sp³-hybridized carbons (Fsp3) is 0.308. The Labute approximate surface area is 100.0 Å². The number of carbonyl (C=O) groups is 1. The molecule has 4 heteroatoms. The van der Waals surface area contributed by atoms with Gasteiger partial charge in [-0.1, -0.05) is 24.3 Å². The maximum absolute atomic E-state index is 13.2. The highest BCUT2D eigenvalue weighted by molar-refractivity contribution is 5.85. The summed E-state index contributed by atoms with van der Waals surface area (Å²) >= 11 is 0. The van der Waals surface area contributed by atoms with E-state index in [-0.39, 0.29) is 5.82 Å². The van der Waals surface area contributed by atoms with Crippen LogP contribution in [0.1, 0.15) is 12.5 Å². The van der Waals surface area contributed by atoms with Gasteiger partial charge in [-0.15, -0.1) is 0 Å². The van der Waals surface area contributed by atoms with Gasteiger partial charge in [0.05, 0.1) is 0 Å². The zero-order valence-corrected chi connectivity index (χ0v) is 9.74. The number of aliphatic carboxylic acids is 1. The molecule has 0 saturated heterocycles. The summed E-state index contributed by atoms with van der Waals surface area (Å²) in [5.74, 6) is -1.12. The normalized spacial score (nSPS) is 11.5. The summed E-state index contributed by atoms with van der Waals surface area (Å²) < 4.78 is 13.2. The lowest BCUT2D eigenvalue weighted by atomic mass is 10.1. The standard InChI is InChI=1S/C13H16FNO2/c1-10(13(16)17)6-8-15-9-7-11-4-2-3-5-12(11)14/h2-6,15H,7-9H2,1H3,(H,16,17)/b10-6-. The van der Waals surface area contributed by atoms with Crippen molar-refractivity contribution in [3.8, 4) is 0 Å². The van der Waals surface area contributed by atoms with Gasteiger partial charge in [0.2, 0.25) is 0 Å². The number of halogens is 1. The number of nitrogens with one attached hydrogen (secondary N) is 1. The van der Waals surface area contributed by atoms with E-state index in [4.69, 9.17) is 5.11 Å². The molecule has 0 aliphatic rings. The van der Waals surface area contributed by atoms with Crippen molar-refractivity contribution in [1.82, 2.24) is 5.32 Å². The number of carboxylic acid groups (broad SMARTS) is 1. The van der Waals surface area contributed by atoms with Gasteiger partial charge < -0.3 is 10.4 Å². The average molecular weight is 237 g/mol. The molecule has 0 aliphatic carbocycles. The van der Waals surface area contributed by atoms with Crippen molar-refractivity contribution < 1.29 is 14.3 Å². The molecule has 3 nitrogen and oxygen atoms in total. The molecule has 0 fully saturated rings. The van der Waals surface area contributed by atoms with E-state index in [9.17, 15) is 9.18 Å². The molecule has 17 heavy (non-hydrogen) atoms. The van der Waals surface area contributed by atoms with Crippen LogP contribution < -0.4 is 5.32 Å². The van der Waals surface area contributed by atoms with Gasteiger partial charge in [-0.25, -0.2) is 9.18 Å². The topological polar surface area (TPSA) is 49.3 Å². The van der Waals surface area contributed by atoms with E-state index in [2.05, 4.69) is 5.32 Å². The van der Waals surface area contributed by atoms with Crippen molar-refractivity contribution in [2.45, 2.75) is 13.3 Å². The van der Waals surface area contributed by atoms with E-state index in [1.54, 1.807) is 31.2 Å². The zero-order chi connectivity index (χ0) is 12.7. The van der Waals surface area contributed by atoms with E-state index in [0.717, 1.165) is 0 Å². The van der Waals surface area contributed by atoms with E-state index < -0.39 is 5.97 Å². The summed E-state index contributed by atoms with van der Waals surface area (Å²) in [6.45, 7) is 2.64. The number of rotatable bonds is 6. The Kier molecular flexibility index (Phi) is 5.36. The Morgan fingerprint density at radius 2 is 2.18 bits per heavy atom. The molecule has 1 aromatic rings. The van der Waals surface area contributed by atoms with E-state index in [1.807, 2.05) is 0 Å². The molecule has 0 aromatic heterocycles. The summed E-state index contributed by atoms with van der Waals surface area (Å²) in [6.07, 6.45) is 2.19. The van der Waals surface area contributed by atoms with Gasteiger partial charge in [-0.2, -0.15) is 0 Å². The monoisotopic (exact) mass is 237 g/mol. The van der Waals surface area contributed by atoms with Gasteiger partial charge in [-0.3, -0.25) is 0 Å². The van der Waals surface area contributed by atoms with Crippen molar-refractivity contribution in [1.29, 1.82) is 0 Å². The van der Waals surface area contributed by atoms with Gasteiger partial charge in [0, 0.05) is 12.1 Å². The number of hydrogen-bond acceptors (Lipinski definition) is 2. The largest absolute Gasteiger partial charge is 0.478 e. The molecule has 1 rings (SSSR count). The molecule has 2 N–H and O–H groups in total. The van der Waals surface area contributed by atoms with Crippen LogP contribution in [0, 0.1) is 5.82 Å². The third kappa shape index (κ3) is 4.78. The lowest BCUT2D eigenvalue weighted by Crippen LogP contribution is -2.18. The molecule has 0 radical (unpaired) electrons. The first-order valence-corrected chi connectivity index (χ1v) is 5.45. The fourth-order valence-corrected chi connectivity index (χ4v) is 1.34. The second-order valence-corrected chi connectivity index (χ2v) is 3.74. The number of benzene rings is 1. The Morgan fingerprint density at radius 3 is 2.82 bits per heavy atom. The minimum absolute atomic E-state index is 0.202. The van der Waals surface area contributed by atoms with Crippen LogP contribution in [-0.4, -0.2) is 24.2 Å². The lowest BCUT2D eigenvalue weighted by Gasteiger charge is -2.03. The highest BCUT2D eigenvalue weighted by Crippen LogP contribution is 2.05. The van der Waals surface area contributed by atoms with Gasteiger partial charge in [-0.05, 0) is 31.5 Å². The van der Waals surface area contributed by atoms with Crippen molar-refractivity contribution in [3.05, 3.63) is 47.3 Å². The Bertz CT molecular complexity index is 416. The van der Waals surface area contributed by atoms with Gasteiger partial charge in [0.25, 0.3) is 0 Å². The first-order valence-electron chi connectivity index (χ1n) is 5.45. The van der Waals surface area contributed by atoms with Crippen molar-refractivity contribution >= 4 is 5.97 Å². The van der Waals surface area contributed by atoms with Crippen molar-refractivity contribution in [2.75, 3.05) is 13.1 Å². The third-order valence-electron chi connectivity index (χ3n) is 2.42. The molecule has 0 atom stereocenters. The second kappa shape index (κ2) is 6.81. The summed E-state index contributed by atoms with van der Waals surface area (Å²) in [5, 5.41) is 11.6. The van der Waals surface area contributed by atoms with E-state index in [1.165, 1.54) is 6.07 Å². The number of hydrogen-bond donors (Lipinski definition) is 2. The Morgan fingerprint density at radius 1 is 1.47 bits per heavy atom. The maximum atomic E-state index is 13.2. The smallest absolute Gasteiger partial charge is 0.330 e. The predicted octanol–water partition coefficient (Wildman–Crippen LogP) is 1.99. The maximum Gasteiger partial charge on any atom is 0.330 e. The fourth-order valence-electron chi connectivity index (χ4n) is 1.34. The third-order valence-corrected chi connectivity index (χ3v) is 2.42. The van der Waals surface area contributed by atoms with E-state index >= 15 is 0 Å². The molecule has 1 aromatic carbocycles.